The van der Waals surface area contributed by atoms with E-state index in [1.165, 1.54) is 0 Å². The number of hydrogen-bond donors (Lipinski definition) is 1. The van der Waals surface area contributed by atoms with Crippen molar-refractivity contribution in [2.24, 2.45) is 7.05 Å². The Kier molecular flexibility index (Phi) is 4.85. The third-order valence-corrected chi connectivity index (χ3v) is 3.30. The van der Waals surface area contributed by atoms with Gasteiger partial charge in [0.15, 0.2) is 0 Å². The van der Waals surface area contributed by atoms with Crippen molar-refractivity contribution >= 4 is 17.5 Å². The molecular weight excluding hydrogens is 290 g/mol. The van der Waals surface area contributed by atoms with Crippen LogP contribution in [0.15, 0.2) is 30.3 Å². The Balaban J connectivity index is 1.84. The van der Waals surface area contributed by atoms with Gasteiger partial charge in [-0.2, -0.15) is 5.10 Å². The van der Waals surface area contributed by atoms with Gasteiger partial charge in [-0.25, -0.2) is 0 Å². The molecule has 0 spiro atoms. The highest BCUT2D eigenvalue weighted by Crippen LogP contribution is 2.16. The number of carbonyl (C=O) groups excluding carboxylic acids is 1. The maximum Gasteiger partial charge on any atom is 0.271 e. The van der Waals surface area contributed by atoms with Crippen molar-refractivity contribution in [3.8, 4) is 5.75 Å². The zero-order chi connectivity index (χ0) is 15.4. The molecule has 0 radical (unpaired) electrons. The first kappa shape index (κ1) is 15.4. The number of amides is 1. The van der Waals surface area contributed by atoms with Crippen LogP contribution in [0.1, 0.15) is 23.1 Å². The Hall–Kier alpha value is -2.01. The molecule has 0 saturated heterocycles. The van der Waals surface area contributed by atoms with Crippen LogP contribution in [0, 0.1) is 6.92 Å². The molecule has 0 aliphatic carbocycles. The smallest absolute Gasteiger partial charge is 0.271 e. The second-order valence-corrected chi connectivity index (χ2v) is 5.32. The van der Waals surface area contributed by atoms with Gasteiger partial charge in [-0.05, 0) is 44.2 Å². The number of hydrogen-bond acceptors (Lipinski definition) is 3. The molecule has 1 atom stereocenters. The molecule has 6 heteroatoms. The average Bonchev–Trinajstić information content (AvgIpc) is 2.79. The fraction of sp³-hybridized carbons (Fsp3) is 0.333. The minimum absolute atomic E-state index is 0.153. The summed E-state index contributed by atoms with van der Waals surface area (Å²) in [5, 5.41) is 7.60. The van der Waals surface area contributed by atoms with Crippen LogP contribution in [0.4, 0.5) is 0 Å². The highest BCUT2D eigenvalue weighted by Gasteiger charge is 2.12. The molecule has 1 N–H and O–H groups in total. The summed E-state index contributed by atoms with van der Waals surface area (Å²) in [7, 11) is 1.80. The Morgan fingerprint density at radius 2 is 2.10 bits per heavy atom. The van der Waals surface area contributed by atoms with E-state index in [1.807, 2.05) is 13.8 Å². The molecule has 1 aromatic carbocycles. The van der Waals surface area contributed by atoms with Crippen molar-refractivity contribution in [3.63, 3.8) is 0 Å². The Bertz CT molecular complexity index is 603. The third kappa shape index (κ3) is 4.23. The minimum atomic E-state index is -0.203. The number of nitrogens with zero attached hydrogens (tertiary/aromatic N) is 2. The standard InChI is InChI=1S/C15H18ClN3O2/c1-10-8-14(18-19(10)3)15(20)17-9-11(2)21-13-6-4-12(16)5-7-13/h4-8,11H,9H2,1-3H3,(H,17,20)/t11-/m0/s1. The van der Waals surface area contributed by atoms with Gasteiger partial charge in [0, 0.05) is 17.8 Å². The van der Waals surface area contributed by atoms with Crippen LogP contribution in [0.25, 0.3) is 0 Å². The van der Waals surface area contributed by atoms with E-state index in [2.05, 4.69) is 10.4 Å². The predicted molar refractivity (Wildman–Crippen MR) is 81.8 cm³/mol. The molecule has 0 aliphatic heterocycles. The topological polar surface area (TPSA) is 56.1 Å². The summed E-state index contributed by atoms with van der Waals surface area (Å²) in [4.78, 5) is 12.0. The lowest BCUT2D eigenvalue weighted by Crippen LogP contribution is -2.33. The molecule has 0 saturated carbocycles. The number of rotatable bonds is 5. The van der Waals surface area contributed by atoms with E-state index in [0.29, 0.717) is 17.3 Å². The molecule has 2 rings (SSSR count). The van der Waals surface area contributed by atoms with Crippen LogP contribution >= 0.6 is 11.6 Å². The first-order valence-electron chi connectivity index (χ1n) is 6.67. The van der Waals surface area contributed by atoms with Crippen LogP contribution < -0.4 is 10.1 Å². The van der Waals surface area contributed by atoms with Gasteiger partial charge in [0.25, 0.3) is 5.91 Å². The van der Waals surface area contributed by atoms with E-state index in [0.717, 1.165) is 11.4 Å². The molecule has 0 bridgehead atoms. The highest BCUT2D eigenvalue weighted by atomic mass is 35.5. The number of nitrogens with one attached hydrogen (secondary N) is 1. The number of halogens is 1. The summed E-state index contributed by atoms with van der Waals surface area (Å²) in [6.07, 6.45) is -0.153. The molecule has 2 aromatic rings. The van der Waals surface area contributed by atoms with Crippen LogP contribution in [-0.2, 0) is 7.05 Å². The van der Waals surface area contributed by atoms with Crippen molar-refractivity contribution in [2.75, 3.05) is 6.54 Å². The van der Waals surface area contributed by atoms with E-state index in [-0.39, 0.29) is 12.0 Å². The molecule has 1 heterocycles. The number of benzene rings is 1. The van der Waals surface area contributed by atoms with E-state index in [1.54, 1.807) is 42.1 Å². The van der Waals surface area contributed by atoms with Gasteiger partial charge >= 0.3 is 0 Å². The number of aryl methyl sites for hydroxylation is 2. The van der Waals surface area contributed by atoms with Crippen molar-refractivity contribution in [2.45, 2.75) is 20.0 Å². The summed E-state index contributed by atoms with van der Waals surface area (Å²) in [5.74, 6) is 0.514. The normalized spacial score (nSPS) is 12.0. The van der Waals surface area contributed by atoms with Crippen LogP contribution in [0.2, 0.25) is 5.02 Å². The van der Waals surface area contributed by atoms with Gasteiger partial charge in [-0.1, -0.05) is 11.6 Å². The summed E-state index contributed by atoms with van der Waals surface area (Å²) in [6.45, 7) is 4.19. The first-order chi connectivity index (χ1) is 9.95. The zero-order valence-electron chi connectivity index (χ0n) is 12.3. The summed E-state index contributed by atoms with van der Waals surface area (Å²) in [6, 6.07) is 8.86. The second kappa shape index (κ2) is 6.63. The van der Waals surface area contributed by atoms with Gasteiger partial charge < -0.3 is 10.1 Å². The Morgan fingerprint density at radius 1 is 1.43 bits per heavy atom. The maximum atomic E-state index is 12.0. The molecule has 1 amide bonds. The fourth-order valence-corrected chi connectivity index (χ4v) is 1.91. The molecule has 1 aromatic heterocycles. The monoisotopic (exact) mass is 307 g/mol. The zero-order valence-corrected chi connectivity index (χ0v) is 13.0. The average molecular weight is 308 g/mol. The van der Waals surface area contributed by atoms with Gasteiger partial charge in [0.05, 0.1) is 6.54 Å². The van der Waals surface area contributed by atoms with Gasteiger partial charge in [0.2, 0.25) is 0 Å². The van der Waals surface area contributed by atoms with Crippen LogP contribution in [-0.4, -0.2) is 28.3 Å². The van der Waals surface area contributed by atoms with Crippen molar-refractivity contribution < 1.29 is 9.53 Å². The van der Waals surface area contributed by atoms with E-state index >= 15 is 0 Å². The Morgan fingerprint density at radius 3 is 2.67 bits per heavy atom. The summed E-state index contributed by atoms with van der Waals surface area (Å²) < 4.78 is 7.35. The lowest BCUT2D eigenvalue weighted by Gasteiger charge is -2.15. The SMILES string of the molecule is Cc1cc(C(=O)NC[C@H](C)Oc2ccc(Cl)cc2)nn1C. The first-order valence-corrected chi connectivity index (χ1v) is 7.04. The molecule has 21 heavy (non-hydrogen) atoms. The second-order valence-electron chi connectivity index (χ2n) is 4.89. The van der Waals surface area contributed by atoms with E-state index in [4.69, 9.17) is 16.3 Å². The van der Waals surface area contributed by atoms with Gasteiger partial charge in [-0.3, -0.25) is 9.48 Å². The number of carbonyl (C=O) groups is 1. The van der Waals surface area contributed by atoms with Gasteiger partial charge in [0.1, 0.15) is 17.5 Å². The lowest BCUT2D eigenvalue weighted by molar-refractivity contribution is 0.0926. The highest BCUT2D eigenvalue weighted by molar-refractivity contribution is 6.30. The van der Waals surface area contributed by atoms with Gasteiger partial charge in [-0.15, -0.1) is 0 Å². The molecule has 0 unspecified atom stereocenters. The number of ether oxygens (including phenoxy) is 1. The largest absolute Gasteiger partial charge is 0.489 e. The summed E-state index contributed by atoms with van der Waals surface area (Å²) in [5.41, 5.74) is 1.35. The third-order valence-electron chi connectivity index (χ3n) is 3.05. The maximum absolute atomic E-state index is 12.0. The lowest BCUT2D eigenvalue weighted by atomic mass is 10.3. The summed E-state index contributed by atoms with van der Waals surface area (Å²) >= 11 is 5.81. The quantitative estimate of drug-likeness (QED) is 0.923. The number of aromatic nitrogens is 2. The van der Waals surface area contributed by atoms with E-state index < -0.39 is 0 Å². The molecular formula is C15H18ClN3O2. The fourth-order valence-electron chi connectivity index (χ4n) is 1.79. The Labute approximate surface area is 128 Å². The molecule has 0 aliphatic rings. The van der Waals surface area contributed by atoms with Crippen molar-refractivity contribution in [1.29, 1.82) is 0 Å². The molecule has 112 valence electrons. The molecule has 0 fully saturated rings. The van der Waals surface area contributed by atoms with E-state index in [9.17, 15) is 4.79 Å². The van der Waals surface area contributed by atoms with Crippen LogP contribution in [0.3, 0.4) is 0 Å². The molecule has 5 nitrogen and oxygen atoms in total. The predicted octanol–water partition coefficient (Wildman–Crippen LogP) is 2.58. The van der Waals surface area contributed by atoms with Crippen molar-refractivity contribution in [3.05, 3.63) is 46.7 Å². The minimum Gasteiger partial charge on any atom is -0.489 e. The van der Waals surface area contributed by atoms with Crippen molar-refractivity contribution in [1.82, 2.24) is 15.1 Å². The van der Waals surface area contributed by atoms with Crippen LogP contribution in [0.5, 0.6) is 5.75 Å².